The number of aliphatic hydroxyl groups is 6. The van der Waals surface area contributed by atoms with Crippen LogP contribution in [0.1, 0.15) is 26.3 Å². The van der Waals surface area contributed by atoms with E-state index in [1.54, 1.807) is 0 Å². The van der Waals surface area contributed by atoms with Crippen LogP contribution in [0.25, 0.3) is 22.3 Å². The van der Waals surface area contributed by atoms with Crippen LogP contribution in [0.3, 0.4) is 0 Å². The molecule has 4 aromatic heterocycles. The smallest absolute Gasteiger partial charge is 0.547 e. The number of carboxylic acid groups (broad SMARTS) is 2. The second kappa shape index (κ2) is 18.6. The first-order chi connectivity index (χ1) is 23.7. The van der Waals surface area contributed by atoms with Gasteiger partial charge in [0.15, 0.2) is 45.1 Å². The first-order valence-corrected chi connectivity index (χ1v) is 16.6. The standard InChI is InChI=1S/2C13H16N4O7S.2Na/c2*1-2-25-13-15-9-4(10(21)16-13)14-3-17(9)11-6(19)5(18)8(24-11)7(20)12(22)23;;/h2*3,5-8,11,18-20H,2H2,1H3,(H,22,23)(H,15,16,21);;/q;;2*+1/p-2/t2*5-,6+,7?,8-,11+;;/m00../s1. The number of ether oxygens (including phenoxy) is 2. The average Bonchev–Trinajstić information content (AvgIpc) is 3.82. The van der Waals surface area contributed by atoms with E-state index in [1.165, 1.54) is 45.3 Å². The summed E-state index contributed by atoms with van der Waals surface area (Å²) >= 11 is 2.54. The Kier molecular flexibility index (Phi) is 15.9. The van der Waals surface area contributed by atoms with Crippen LogP contribution < -0.4 is 69.3 Å². The Bertz CT molecular complexity index is 1740. The molecule has 6 rings (SSSR count). The van der Waals surface area contributed by atoms with Crippen molar-refractivity contribution in [3.8, 4) is 11.8 Å². The van der Waals surface area contributed by atoms with Crippen LogP contribution in [-0.4, -0.2) is 152 Å². The summed E-state index contributed by atoms with van der Waals surface area (Å²) in [6, 6.07) is 0. The molecule has 2 fully saturated rings. The molecule has 0 saturated carbocycles. The molecule has 0 aliphatic carbocycles. The molecular weight excluding hydrogens is 758 g/mol. The number of hydrogen-bond acceptors (Lipinski definition) is 22. The predicted octanol–water partition coefficient (Wildman–Crippen LogP) is -11.2. The van der Waals surface area contributed by atoms with Gasteiger partial charge in [-0.05, 0) is 11.5 Å². The molecule has 52 heavy (non-hydrogen) atoms. The third-order valence-corrected chi connectivity index (χ3v) is 8.97. The molecule has 8 N–H and O–H groups in total. The van der Waals surface area contributed by atoms with Gasteiger partial charge in [0.25, 0.3) is 0 Å². The Hall–Kier alpha value is -1.98. The number of fused-ring (bicyclic) bond motifs is 2. The number of imidazole rings is 2. The zero-order valence-electron chi connectivity index (χ0n) is 27.8. The molecule has 2 unspecified atom stereocenters. The van der Waals surface area contributed by atoms with Gasteiger partial charge in [-0.3, -0.25) is 9.13 Å². The number of nitrogens with zero attached hydrogens (tertiary/aromatic N) is 8. The fourth-order valence-electron chi connectivity index (χ4n) is 5.15. The summed E-state index contributed by atoms with van der Waals surface area (Å²) < 4.78 is 13.1. The number of aliphatic hydroxyl groups excluding tert-OH is 6. The third kappa shape index (κ3) is 8.77. The van der Waals surface area contributed by atoms with E-state index in [0.717, 1.165) is 0 Å². The molecular formula is C26H30N8Na2O14S2. The zero-order chi connectivity index (χ0) is 36.6. The van der Waals surface area contributed by atoms with Crippen molar-refractivity contribution in [2.24, 2.45) is 0 Å². The normalized spacial score (nSPS) is 26.6. The topological polar surface area (TPSA) is 348 Å². The summed E-state index contributed by atoms with van der Waals surface area (Å²) in [6.45, 7) is 3.75. The first-order valence-electron chi connectivity index (χ1n) is 14.6. The van der Waals surface area contributed by atoms with Crippen molar-refractivity contribution in [3.05, 3.63) is 12.7 Å². The van der Waals surface area contributed by atoms with Crippen molar-refractivity contribution in [3.63, 3.8) is 0 Å². The molecule has 0 aromatic carbocycles. The summed E-state index contributed by atoms with van der Waals surface area (Å²) in [5.41, 5.74) is 0.357. The Morgan fingerprint density at radius 3 is 1.37 bits per heavy atom. The molecule has 26 heteroatoms. The number of hydrogen-bond donors (Lipinski definition) is 8. The number of aromatic hydroxyl groups is 2. The van der Waals surface area contributed by atoms with Gasteiger partial charge < -0.3 is 70.1 Å². The Morgan fingerprint density at radius 2 is 1.06 bits per heavy atom. The minimum absolute atomic E-state index is 0. The Labute approximate surface area is 344 Å². The third-order valence-electron chi connectivity index (χ3n) is 7.52. The largest absolute Gasteiger partial charge is 1.00 e. The van der Waals surface area contributed by atoms with Crippen molar-refractivity contribution in [1.82, 2.24) is 39.0 Å². The average molecular weight is 789 g/mol. The van der Waals surface area contributed by atoms with E-state index in [2.05, 4.69) is 29.9 Å². The van der Waals surface area contributed by atoms with Gasteiger partial charge in [-0.25, -0.2) is 19.9 Å². The Morgan fingerprint density at radius 1 is 0.712 bits per heavy atom. The molecule has 0 bridgehead atoms. The van der Waals surface area contributed by atoms with Gasteiger partial charge in [0.2, 0.25) is 11.8 Å². The van der Waals surface area contributed by atoms with Crippen LogP contribution in [0.15, 0.2) is 23.0 Å². The number of aliphatic carboxylic acids is 2. The van der Waals surface area contributed by atoms with Crippen molar-refractivity contribution in [2.45, 2.75) is 85.4 Å². The number of carbonyl (C=O) groups excluding carboxylic acids is 2. The van der Waals surface area contributed by atoms with E-state index < -0.39 is 73.2 Å². The molecule has 0 spiro atoms. The van der Waals surface area contributed by atoms with E-state index in [9.17, 15) is 60.7 Å². The molecule has 272 valence electrons. The van der Waals surface area contributed by atoms with Crippen molar-refractivity contribution < 1.29 is 129 Å². The molecule has 4 aromatic rings. The fourth-order valence-corrected chi connectivity index (χ4v) is 6.27. The van der Waals surface area contributed by atoms with Crippen LogP contribution in [0.2, 0.25) is 0 Å². The fraction of sp³-hybridized carbons (Fsp3) is 0.538. The van der Waals surface area contributed by atoms with E-state index in [0.29, 0.717) is 11.5 Å². The second-order valence-electron chi connectivity index (χ2n) is 10.6. The van der Waals surface area contributed by atoms with Gasteiger partial charge in [-0.2, -0.15) is 9.97 Å². The van der Waals surface area contributed by atoms with E-state index >= 15 is 0 Å². The van der Waals surface area contributed by atoms with Gasteiger partial charge in [0.05, 0.1) is 24.6 Å². The molecule has 2 aliphatic rings. The maximum Gasteiger partial charge on any atom is 1.00 e. The Balaban J connectivity index is 0.000000270. The van der Waals surface area contributed by atoms with Gasteiger partial charge >= 0.3 is 59.1 Å². The van der Waals surface area contributed by atoms with E-state index in [1.807, 2.05) is 13.8 Å². The second-order valence-corrected chi connectivity index (χ2v) is 13.1. The number of thioether (sulfide) groups is 2. The summed E-state index contributed by atoms with van der Waals surface area (Å²) in [5, 5.41) is 101. The van der Waals surface area contributed by atoms with Crippen molar-refractivity contribution in [2.75, 3.05) is 11.5 Å². The summed E-state index contributed by atoms with van der Waals surface area (Å²) in [5.74, 6) is -3.10. The van der Waals surface area contributed by atoms with Crippen molar-refractivity contribution >= 4 is 57.8 Å². The quantitative estimate of drug-likeness (QED) is 0.0420. The molecule has 2 aliphatic heterocycles. The number of rotatable bonds is 10. The minimum Gasteiger partial charge on any atom is -0.547 e. The predicted molar refractivity (Wildman–Crippen MR) is 161 cm³/mol. The summed E-state index contributed by atoms with van der Waals surface area (Å²) in [6.07, 6.45) is -14.0. The minimum atomic E-state index is -2.13. The number of carbonyl (C=O) groups is 2. The maximum atomic E-state index is 10.8. The summed E-state index contributed by atoms with van der Waals surface area (Å²) in [4.78, 5) is 45.7. The van der Waals surface area contributed by atoms with E-state index in [-0.39, 0.29) is 104 Å². The maximum absolute atomic E-state index is 10.8. The van der Waals surface area contributed by atoms with Gasteiger partial charge in [-0.1, -0.05) is 37.4 Å². The van der Waals surface area contributed by atoms with Crippen LogP contribution in [-0.2, 0) is 19.1 Å². The van der Waals surface area contributed by atoms with Crippen LogP contribution >= 0.6 is 23.5 Å². The first kappa shape index (κ1) is 44.4. The van der Waals surface area contributed by atoms with Crippen LogP contribution in [0.5, 0.6) is 11.8 Å². The monoisotopic (exact) mass is 788 g/mol. The van der Waals surface area contributed by atoms with Gasteiger partial charge in [0, 0.05) is 0 Å². The zero-order valence-corrected chi connectivity index (χ0v) is 33.4. The molecule has 0 amide bonds. The summed E-state index contributed by atoms with van der Waals surface area (Å²) in [7, 11) is 0. The van der Waals surface area contributed by atoms with E-state index in [4.69, 9.17) is 9.47 Å². The SMILES string of the molecule is CCSc1nc(O)c2ncn([C@@H]3O[C@H](C(O)C(=O)[O-])[C@@H](O)[C@H]3O)c2n1.CCSc1nc(O)c2ncn([C@@H]3O[C@H](C(O)C(=O)[O-])[C@@H](O)[C@H]3O)c2n1.[Na+].[Na+]. The van der Waals surface area contributed by atoms with Crippen molar-refractivity contribution in [1.29, 1.82) is 0 Å². The number of aromatic nitrogens is 8. The van der Waals surface area contributed by atoms with Crippen LogP contribution in [0, 0.1) is 0 Å². The van der Waals surface area contributed by atoms with Gasteiger partial charge in [-0.15, -0.1) is 0 Å². The number of carboxylic acids is 2. The molecule has 6 heterocycles. The molecule has 2 saturated heterocycles. The molecule has 22 nitrogen and oxygen atoms in total. The molecule has 10 atom stereocenters. The van der Waals surface area contributed by atoms with Gasteiger partial charge in [0.1, 0.15) is 48.8 Å². The molecule has 0 radical (unpaired) electrons. The van der Waals surface area contributed by atoms with Crippen LogP contribution in [0.4, 0.5) is 0 Å².